The van der Waals surface area contributed by atoms with Gasteiger partial charge in [0.25, 0.3) is 0 Å². The molecule has 0 radical (unpaired) electrons. The average Bonchev–Trinajstić information content (AvgIpc) is 3.24. The van der Waals surface area contributed by atoms with Crippen molar-refractivity contribution >= 4 is 11.9 Å². The van der Waals surface area contributed by atoms with Crippen LogP contribution in [0.25, 0.3) is 0 Å². The quantitative estimate of drug-likeness (QED) is 0.224. The van der Waals surface area contributed by atoms with E-state index in [-0.39, 0.29) is 58.1 Å². The van der Waals surface area contributed by atoms with E-state index in [1.165, 1.54) is 64.2 Å². The van der Waals surface area contributed by atoms with Gasteiger partial charge in [-0.25, -0.2) is 9.59 Å². The molecule has 348 valence electrons. The SMILES string of the molecule is CC1(C)CC(OC(=O)c2ccc(C3OCC4(CO3)COC(c3ccc(C(=O)OC5CC(C)(C)NC(C)(C)C5CC5CCCCC5)cc3)OC4)cc2)C(CC2CCCCC2)C(C)(C)N1. The third-order valence-electron chi connectivity index (χ3n) is 15.6. The van der Waals surface area contributed by atoms with E-state index in [4.69, 9.17) is 28.4 Å². The maximum atomic E-state index is 13.7. The van der Waals surface area contributed by atoms with Gasteiger partial charge in [-0.1, -0.05) is 88.5 Å². The van der Waals surface area contributed by atoms with Gasteiger partial charge >= 0.3 is 11.9 Å². The summed E-state index contributed by atoms with van der Waals surface area (Å²) in [6.45, 7) is 19.6. The number of carbonyl (C=O) groups excluding carboxylic acids is 2. The van der Waals surface area contributed by atoms with Crippen molar-refractivity contribution in [2.75, 3.05) is 26.4 Å². The number of nitrogens with one attached hydrogen (secondary N) is 2. The van der Waals surface area contributed by atoms with Gasteiger partial charge in [0.1, 0.15) is 12.2 Å². The van der Waals surface area contributed by atoms with E-state index in [0.29, 0.717) is 49.4 Å². The molecule has 10 heteroatoms. The number of piperidine rings is 2. The second kappa shape index (κ2) is 18.8. The third kappa shape index (κ3) is 11.2. The van der Waals surface area contributed by atoms with Crippen LogP contribution in [0.3, 0.4) is 0 Å². The number of hydrogen-bond donors (Lipinski definition) is 2. The zero-order valence-electron chi connectivity index (χ0n) is 39.7. The molecule has 0 bridgehead atoms. The van der Waals surface area contributed by atoms with Gasteiger partial charge in [-0.05, 0) is 104 Å². The Kier molecular flexibility index (Phi) is 13.9. The van der Waals surface area contributed by atoms with E-state index in [9.17, 15) is 9.59 Å². The van der Waals surface area contributed by atoms with Crippen LogP contribution in [-0.2, 0) is 28.4 Å². The van der Waals surface area contributed by atoms with Crippen LogP contribution in [0.4, 0.5) is 0 Å². The van der Waals surface area contributed by atoms with E-state index >= 15 is 0 Å². The summed E-state index contributed by atoms with van der Waals surface area (Å²) in [5, 5.41) is 7.74. The minimum atomic E-state index is -0.554. The van der Waals surface area contributed by atoms with Crippen LogP contribution in [0.2, 0.25) is 0 Å². The summed E-state index contributed by atoms with van der Waals surface area (Å²) in [4.78, 5) is 27.3. The molecule has 2 aromatic rings. The number of ether oxygens (including phenoxy) is 6. The summed E-state index contributed by atoms with van der Waals surface area (Å²) in [5.74, 6) is 1.34. The van der Waals surface area contributed by atoms with Gasteiger partial charge in [-0.3, -0.25) is 0 Å². The molecule has 4 unspecified atom stereocenters. The van der Waals surface area contributed by atoms with Gasteiger partial charge in [-0.15, -0.1) is 0 Å². The first kappa shape index (κ1) is 46.7. The van der Waals surface area contributed by atoms with Crippen molar-refractivity contribution in [1.82, 2.24) is 10.6 Å². The van der Waals surface area contributed by atoms with E-state index in [1.807, 2.05) is 48.5 Å². The van der Waals surface area contributed by atoms with Gasteiger partial charge in [0, 0.05) is 58.0 Å². The molecule has 2 N–H and O–H groups in total. The van der Waals surface area contributed by atoms with Crippen molar-refractivity contribution in [1.29, 1.82) is 0 Å². The lowest BCUT2D eigenvalue weighted by Crippen LogP contribution is -2.65. The van der Waals surface area contributed by atoms with Crippen LogP contribution in [0.15, 0.2) is 48.5 Å². The normalized spacial score (nSPS) is 33.3. The molecule has 4 heterocycles. The fourth-order valence-electron chi connectivity index (χ4n) is 12.7. The lowest BCUT2D eigenvalue weighted by atomic mass is 9.67. The minimum absolute atomic E-state index is 0.132. The van der Waals surface area contributed by atoms with Crippen molar-refractivity contribution in [3.05, 3.63) is 70.8 Å². The highest BCUT2D eigenvalue weighted by Crippen LogP contribution is 2.44. The summed E-state index contributed by atoms with van der Waals surface area (Å²) in [5.41, 5.74) is 1.80. The number of hydrogen-bond acceptors (Lipinski definition) is 10. The minimum Gasteiger partial charge on any atom is -0.458 e. The monoisotopic (exact) mass is 871 g/mol. The Morgan fingerprint density at radius 2 is 0.857 bits per heavy atom. The summed E-state index contributed by atoms with van der Waals surface area (Å²) in [6.07, 6.45) is 15.3. The molecule has 0 amide bonds. The van der Waals surface area contributed by atoms with Crippen molar-refractivity contribution in [3.63, 3.8) is 0 Å². The molecule has 6 aliphatic rings. The molecular weight excluding hydrogens is 793 g/mol. The van der Waals surface area contributed by atoms with E-state index in [1.54, 1.807) is 0 Å². The Morgan fingerprint density at radius 3 is 1.19 bits per heavy atom. The fourth-order valence-corrected chi connectivity index (χ4v) is 12.7. The summed E-state index contributed by atoms with van der Waals surface area (Å²) >= 11 is 0. The lowest BCUT2D eigenvalue weighted by molar-refractivity contribution is -0.307. The fraction of sp³-hybridized carbons (Fsp3) is 0.736. The van der Waals surface area contributed by atoms with Gasteiger partial charge in [0.05, 0.1) is 43.0 Å². The van der Waals surface area contributed by atoms with Gasteiger partial charge in [0.2, 0.25) is 0 Å². The number of benzene rings is 2. The Hall–Kier alpha value is -2.86. The second-order valence-corrected chi connectivity index (χ2v) is 23.1. The standard InChI is InChI=1S/C53H78N2O8/c1-49(2)29-43(41(51(5,6)54-49)27-35-15-11-9-12-16-35)62-45(56)37-19-23-39(24-20-37)47-58-31-53(32-59-47)33-60-48(61-34-53)40-25-21-38(22-26-40)46(57)63-44-30-50(3,4)55-52(7,8)42(44)28-36-17-13-10-14-18-36/h19-26,35-36,41-44,47-48,54-55H,9-18,27-34H2,1-8H3. The summed E-state index contributed by atoms with van der Waals surface area (Å²) in [7, 11) is 0. The van der Waals surface area contributed by atoms with Crippen LogP contribution >= 0.6 is 0 Å². The molecule has 8 rings (SSSR count). The first-order valence-electron chi connectivity index (χ1n) is 24.6. The maximum Gasteiger partial charge on any atom is 0.338 e. The predicted molar refractivity (Wildman–Crippen MR) is 244 cm³/mol. The molecule has 4 saturated heterocycles. The molecule has 0 aromatic heterocycles. The molecular formula is C53H78N2O8. The molecule has 4 aliphatic heterocycles. The summed E-state index contributed by atoms with van der Waals surface area (Å²) < 4.78 is 37.9. The van der Waals surface area contributed by atoms with Crippen LogP contribution in [0.1, 0.15) is 190 Å². The zero-order chi connectivity index (χ0) is 44.6. The largest absolute Gasteiger partial charge is 0.458 e. The Balaban J connectivity index is 0.816. The number of rotatable bonds is 10. The third-order valence-corrected chi connectivity index (χ3v) is 15.6. The highest BCUT2D eigenvalue weighted by molar-refractivity contribution is 5.90. The zero-order valence-corrected chi connectivity index (χ0v) is 39.7. The smallest absolute Gasteiger partial charge is 0.338 e. The molecule has 2 aromatic carbocycles. The molecule has 1 spiro atoms. The first-order valence-corrected chi connectivity index (χ1v) is 24.6. The Bertz CT molecular complexity index is 1710. The van der Waals surface area contributed by atoms with Crippen LogP contribution in [-0.4, -0.2) is 72.7 Å². The highest BCUT2D eigenvalue weighted by Gasteiger charge is 2.50. The molecule has 2 saturated carbocycles. The topological polar surface area (TPSA) is 114 Å². The first-order chi connectivity index (χ1) is 29.9. The molecule has 63 heavy (non-hydrogen) atoms. The molecule has 6 fully saturated rings. The Labute approximate surface area is 378 Å². The van der Waals surface area contributed by atoms with E-state index in [0.717, 1.165) is 36.8 Å². The van der Waals surface area contributed by atoms with E-state index in [2.05, 4.69) is 66.0 Å². The molecule has 10 nitrogen and oxygen atoms in total. The predicted octanol–water partition coefficient (Wildman–Crippen LogP) is 10.8. The van der Waals surface area contributed by atoms with Crippen LogP contribution < -0.4 is 10.6 Å². The number of carbonyl (C=O) groups is 2. The van der Waals surface area contributed by atoms with E-state index < -0.39 is 18.0 Å². The lowest BCUT2D eigenvalue weighted by Gasteiger charge is -2.52. The van der Waals surface area contributed by atoms with Gasteiger partial charge in [-0.2, -0.15) is 0 Å². The number of esters is 2. The maximum absolute atomic E-state index is 13.7. The molecule has 4 atom stereocenters. The van der Waals surface area contributed by atoms with Crippen molar-refractivity contribution in [2.45, 2.75) is 192 Å². The van der Waals surface area contributed by atoms with Gasteiger partial charge in [0.15, 0.2) is 12.6 Å². The van der Waals surface area contributed by atoms with Crippen molar-refractivity contribution in [2.24, 2.45) is 29.1 Å². The molecule has 2 aliphatic carbocycles. The van der Waals surface area contributed by atoms with Crippen molar-refractivity contribution in [3.8, 4) is 0 Å². The van der Waals surface area contributed by atoms with Gasteiger partial charge < -0.3 is 39.1 Å². The van der Waals surface area contributed by atoms with Crippen LogP contribution in [0, 0.1) is 29.1 Å². The van der Waals surface area contributed by atoms with Crippen LogP contribution in [0.5, 0.6) is 0 Å². The summed E-state index contributed by atoms with van der Waals surface area (Å²) in [6, 6.07) is 14.9. The second-order valence-electron chi connectivity index (χ2n) is 23.1. The highest BCUT2D eigenvalue weighted by atomic mass is 16.7. The van der Waals surface area contributed by atoms with Crippen molar-refractivity contribution < 1.29 is 38.0 Å². The Morgan fingerprint density at radius 1 is 0.524 bits per heavy atom. The average molecular weight is 871 g/mol.